The Kier molecular flexibility index (Phi) is 6.79. The zero-order valence-corrected chi connectivity index (χ0v) is 14.6. The maximum Gasteiger partial charge on any atom is 0.225 e. The van der Waals surface area contributed by atoms with Crippen molar-refractivity contribution in [3.05, 3.63) is 35.4 Å². The number of nitrogens with zero attached hydrogens (tertiary/aromatic N) is 1. The van der Waals surface area contributed by atoms with E-state index in [2.05, 4.69) is 19.2 Å². The number of aliphatic hydroxyl groups excluding tert-OH is 1. The number of nitrogens with one attached hydrogen (secondary N) is 1. The number of hydrogen-bond acceptors (Lipinski definition) is 3. The number of carbonyl (C=O) groups is 2. The molecule has 2 N–H and O–H groups in total. The number of benzene rings is 1. The van der Waals surface area contributed by atoms with E-state index in [9.17, 15) is 9.59 Å². The third-order valence-electron chi connectivity index (χ3n) is 4.69. The number of amides is 2. The molecule has 0 radical (unpaired) electrons. The molecule has 1 saturated heterocycles. The molecular weight excluding hydrogens is 304 g/mol. The third-order valence-corrected chi connectivity index (χ3v) is 4.69. The average Bonchev–Trinajstić information content (AvgIpc) is 2.97. The zero-order valence-electron chi connectivity index (χ0n) is 14.6. The monoisotopic (exact) mass is 332 g/mol. The lowest BCUT2D eigenvalue weighted by Crippen LogP contribution is -2.37. The van der Waals surface area contributed by atoms with E-state index < -0.39 is 0 Å². The lowest BCUT2D eigenvalue weighted by Gasteiger charge is -2.24. The first-order chi connectivity index (χ1) is 11.5. The lowest BCUT2D eigenvalue weighted by atomic mass is 10.1. The van der Waals surface area contributed by atoms with E-state index in [1.807, 2.05) is 29.2 Å². The molecule has 1 aromatic rings. The van der Waals surface area contributed by atoms with E-state index in [4.69, 9.17) is 5.11 Å². The number of aliphatic hydroxyl groups is 1. The van der Waals surface area contributed by atoms with Gasteiger partial charge in [-0.05, 0) is 30.9 Å². The highest BCUT2D eigenvalue weighted by Gasteiger charge is 2.36. The highest BCUT2D eigenvalue weighted by molar-refractivity contribution is 5.89. The number of carbonyl (C=O) groups excluding carboxylic acids is 2. The number of rotatable bonds is 8. The summed E-state index contributed by atoms with van der Waals surface area (Å²) < 4.78 is 0. The summed E-state index contributed by atoms with van der Waals surface area (Å²) in [6, 6.07) is 7.92. The molecule has 0 bridgehead atoms. The van der Waals surface area contributed by atoms with Gasteiger partial charge in [0, 0.05) is 25.6 Å². The van der Waals surface area contributed by atoms with Crippen LogP contribution in [-0.4, -0.2) is 41.0 Å². The molecule has 24 heavy (non-hydrogen) atoms. The van der Waals surface area contributed by atoms with Crippen LogP contribution in [0, 0.1) is 5.92 Å². The zero-order chi connectivity index (χ0) is 17.5. The second-order valence-corrected chi connectivity index (χ2v) is 6.60. The smallest absolute Gasteiger partial charge is 0.225 e. The van der Waals surface area contributed by atoms with Crippen molar-refractivity contribution in [2.45, 2.75) is 52.2 Å². The van der Waals surface area contributed by atoms with Gasteiger partial charge in [-0.25, -0.2) is 0 Å². The summed E-state index contributed by atoms with van der Waals surface area (Å²) in [7, 11) is 0. The van der Waals surface area contributed by atoms with Gasteiger partial charge < -0.3 is 15.3 Å². The van der Waals surface area contributed by atoms with Crippen molar-refractivity contribution < 1.29 is 14.7 Å². The van der Waals surface area contributed by atoms with Gasteiger partial charge in [0.15, 0.2) is 0 Å². The Hall–Kier alpha value is -1.88. The van der Waals surface area contributed by atoms with E-state index in [0.717, 1.165) is 30.4 Å². The van der Waals surface area contributed by atoms with E-state index in [0.29, 0.717) is 19.5 Å². The predicted octanol–water partition coefficient (Wildman–Crippen LogP) is 1.87. The Balaban J connectivity index is 1.77. The van der Waals surface area contributed by atoms with Crippen LogP contribution in [0.4, 0.5) is 0 Å². The van der Waals surface area contributed by atoms with Crippen LogP contribution < -0.4 is 5.32 Å². The average molecular weight is 332 g/mol. The van der Waals surface area contributed by atoms with Crippen molar-refractivity contribution in [2.24, 2.45) is 5.92 Å². The molecule has 0 spiro atoms. The molecule has 1 aromatic carbocycles. The molecule has 5 nitrogen and oxygen atoms in total. The Labute approximate surface area is 144 Å². The first-order valence-corrected chi connectivity index (χ1v) is 8.81. The van der Waals surface area contributed by atoms with Crippen LogP contribution in [-0.2, 0) is 22.6 Å². The van der Waals surface area contributed by atoms with Crippen LogP contribution in [0.3, 0.4) is 0 Å². The molecular formula is C19H28N2O3. The van der Waals surface area contributed by atoms with Crippen LogP contribution in [0.15, 0.2) is 24.3 Å². The minimum atomic E-state index is -0.228. The van der Waals surface area contributed by atoms with Crippen LogP contribution in [0.25, 0.3) is 0 Å². The quantitative estimate of drug-likeness (QED) is 0.763. The fourth-order valence-corrected chi connectivity index (χ4v) is 3.19. The van der Waals surface area contributed by atoms with Crippen LogP contribution in [0.1, 0.15) is 44.2 Å². The lowest BCUT2D eigenvalue weighted by molar-refractivity contribution is -0.130. The van der Waals surface area contributed by atoms with E-state index in [1.54, 1.807) is 0 Å². The molecule has 132 valence electrons. The van der Waals surface area contributed by atoms with Gasteiger partial charge in [-0.3, -0.25) is 9.59 Å². The summed E-state index contributed by atoms with van der Waals surface area (Å²) in [5.41, 5.74) is 2.00. The molecule has 1 fully saturated rings. The third kappa shape index (κ3) is 4.81. The Bertz CT molecular complexity index is 556. The van der Waals surface area contributed by atoms with Gasteiger partial charge in [0.25, 0.3) is 0 Å². The molecule has 2 atom stereocenters. The summed E-state index contributed by atoms with van der Waals surface area (Å²) in [6.45, 7) is 5.30. The Morgan fingerprint density at radius 1 is 1.33 bits per heavy atom. The van der Waals surface area contributed by atoms with Crippen molar-refractivity contribution in [3.8, 4) is 0 Å². The second kappa shape index (κ2) is 8.83. The normalized spacial score (nSPS) is 18.7. The molecule has 2 unspecified atom stereocenters. The SMILES string of the molecule is CCCC(C)N1CC(C(=O)NCCc2ccc(CO)cc2)CC1=O. The Morgan fingerprint density at radius 2 is 2.00 bits per heavy atom. The molecule has 1 aliphatic heterocycles. The number of hydrogen-bond donors (Lipinski definition) is 2. The Morgan fingerprint density at radius 3 is 2.62 bits per heavy atom. The van der Waals surface area contributed by atoms with Gasteiger partial charge in [0.2, 0.25) is 11.8 Å². The molecule has 2 rings (SSSR count). The van der Waals surface area contributed by atoms with E-state index in [1.165, 1.54) is 0 Å². The van der Waals surface area contributed by atoms with Gasteiger partial charge in [0.05, 0.1) is 12.5 Å². The fraction of sp³-hybridized carbons (Fsp3) is 0.579. The molecule has 1 heterocycles. The second-order valence-electron chi connectivity index (χ2n) is 6.60. The first-order valence-electron chi connectivity index (χ1n) is 8.81. The molecule has 5 heteroatoms. The minimum absolute atomic E-state index is 0.0264. The van der Waals surface area contributed by atoms with Gasteiger partial charge in [-0.2, -0.15) is 0 Å². The summed E-state index contributed by atoms with van der Waals surface area (Å²) in [5, 5.41) is 12.0. The van der Waals surface area contributed by atoms with Gasteiger partial charge in [-0.1, -0.05) is 37.6 Å². The van der Waals surface area contributed by atoms with Crippen LogP contribution >= 0.6 is 0 Å². The maximum absolute atomic E-state index is 12.3. The fourth-order valence-electron chi connectivity index (χ4n) is 3.19. The largest absolute Gasteiger partial charge is 0.392 e. The van der Waals surface area contributed by atoms with Crippen molar-refractivity contribution in [1.82, 2.24) is 10.2 Å². The summed E-state index contributed by atoms with van der Waals surface area (Å²) in [6.07, 6.45) is 3.08. The van der Waals surface area contributed by atoms with Crippen molar-refractivity contribution in [1.29, 1.82) is 0 Å². The molecule has 0 aromatic heterocycles. The highest BCUT2D eigenvalue weighted by Crippen LogP contribution is 2.22. The summed E-state index contributed by atoms with van der Waals surface area (Å²) in [4.78, 5) is 26.2. The van der Waals surface area contributed by atoms with Crippen LogP contribution in [0.5, 0.6) is 0 Å². The molecule has 0 aliphatic carbocycles. The summed E-state index contributed by atoms with van der Waals surface area (Å²) >= 11 is 0. The predicted molar refractivity (Wildman–Crippen MR) is 93.3 cm³/mol. The van der Waals surface area contributed by atoms with E-state index in [-0.39, 0.29) is 30.4 Å². The molecule has 0 saturated carbocycles. The van der Waals surface area contributed by atoms with Crippen LogP contribution in [0.2, 0.25) is 0 Å². The summed E-state index contributed by atoms with van der Waals surface area (Å²) in [5.74, 6) is -0.161. The topological polar surface area (TPSA) is 69.6 Å². The molecule has 1 aliphatic rings. The number of likely N-dealkylation sites (tertiary alicyclic amines) is 1. The standard InChI is InChI=1S/C19H28N2O3/c1-3-4-14(2)21-12-17(11-18(21)23)19(24)20-10-9-15-5-7-16(13-22)8-6-15/h5-8,14,17,22H,3-4,9-13H2,1-2H3,(H,20,24). The van der Waals surface area contributed by atoms with Crippen molar-refractivity contribution in [2.75, 3.05) is 13.1 Å². The van der Waals surface area contributed by atoms with Gasteiger partial charge in [-0.15, -0.1) is 0 Å². The molecule has 2 amide bonds. The van der Waals surface area contributed by atoms with Gasteiger partial charge >= 0.3 is 0 Å². The highest BCUT2D eigenvalue weighted by atomic mass is 16.3. The minimum Gasteiger partial charge on any atom is -0.392 e. The first kappa shape index (κ1) is 18.5. The van der Waals surface area contributed by atoms with E-state index >= 15 is 0 Å². The maximum atomic E-state index is 12.3. The van der Waals surface area contributed by atoms with Crippen molar-refractivity contribution >= 4 is 11.8 Å². The van der Waals surface area contributed by atoms with Crippen molar-refractivity contribution in [3.63, 3.8) is 0 Å². The van der Waals surface area contributed by atoms with Gasteiger partial charge in [0.1, 0.15) is 0 Å².